The Hall–Kier alpha value is -0.630. The van der Waals surface area contributed by atoms with Crippen molar-refractivity contribution in [2.24, 2.45) is 5.92 Å². The van der Waals surface area contributed by atoms with Crippen LogP contribution in [0.2, 0.25) is 0 Å². The quantitative estimate of drug-likeness (QED) is 0.627. The van der Waals surface area contributed by atoms with Crippen molar-refractivity contribution in [1.82, 2.24) is 4.90 Å². The largest absolute Gasteiger partial charge is 0.490 e. The summed E-state index contributed by atoms with van der Waals surface area (Å²) in [4.78, 5) is 13.9. The van der Waals surface area contributed by atoms with Gasteiger partial charge in [-0.2, -0.15) is 0 Å². The van der Waals surface area contributed by atoms with E-state index in [0.717, 1.165) is 34.9 Å². The smallest absolute Gasteiger partial charge is 0.309 e. The summed E-state index contributed by atoms with van der Waals surface area (Å²) >= 11 is 6.83. The highest BCUT2D eigenvalue weighted by molar-refractivity contribution is 9.11. The Kier molecular flexibility index (Phi) is 8.00. The summed E-state index contributed by atoms with van der Waals surface area (Å²) in [6, 6.07) is 5.65. The molecule has 0 aliphatic carbocycles. The summed E-state index contributed by atoms with van der Waals surface area (Å²) in [5, 5.41) is 10.2. The van der Waals surface area contributed by atoms with Gasteiger partial charge in [-0.25, -0.2) is 0 Å². The van der Waals surface area contributed by atoms with Crippen LogP contribution in [0.1, 0.15) is 19.8 Å². The zero-order valence-corrected chi connectivity index (χ0v) is 16.9. The monoisotopic (exact) mass is 463 g/mol. The van der Waals surface area contributed by atoms with E-state index in [1.54, 1.807) is 0 Å². The Morgan fingerprint density at radius 3 is 2.71 bits per heavy atom. The first-order chi connectivity index (χ1) is 11.5. The average Bonchev–Trinajstić information content (AvgIpc) is 2.55. The zero-order valence-electron chi connectivity index (χ0n) is 13.7. The lowest BCUT2D eigenvalue weighted by Gasteiger charge is -2.32. The van der Waals surface area contributed by atoms with Crippen LogP contribution in [0.3, 0.4) is 0 Å². The Balaban J connectivity index is 1.71. The lowest BCUT2D eigenvalue weighted by atomic mass is 9.97. The van der Waals surface area contributed by atoms with Gasteiger partial charge in [0.15, 0.2) is 0 Å². The molecule has 0 amide bonds. The van der Waals surface area contributed by atoms with Gasteiger partial charge in [0.25, 0.3) is 0 Å². The fourth-order valence-corrected chi connectivity index (χ4v) is 3.90. The maximum Gasteiger partial charge on any atom is 0.309 e. The van der Waals surface area contributed by atoms with E-state index in [0.29, 0.717) is 18.9 Å². The van der Waals surface area contributed by atoms with Crippen molar-refractivity contribution in [3.63, 3.8) is 0 Å². The lowest BCUT2D eigenvalue weighted by Crippen LogP contribution is -2.42. The van der Waals surface area contributed by atoms with E-state index < -0.39 is 6.10 Å². The number of benzene rings is 1. The number of carbonyl (C=O) groups is 1. The Bertz CT molecular complexity index is 547. The van der Waals surface area contributed by atoms with Gasteiger partial charge in [0.05, 0.1) is 17.0 Å². The molecule has 7 heteroatoms. The van der Waals surface area contributed by atoms with Crippen LogP contribution in [0.15, 0.2) is 27.1 Å². The summed E-state index contributed by atoms with van der Waals surface area (Å²) in [6.07, 6.45) is 0.995. The molecule has 1 N–H and O–H groups in total. The van der Waals surface area contributed by atoms with Crippen LogP contribution in [0.25, 0.3) is 0 Å². The van der Waals surface area contributed by atoms with Gasteiger partial charge >= 0.3 is 5.97 Å². The average molecular weight is 465 g/mol. The highest BCUT2D eigenvalue weighted by Gasteiger charge is 2.26. The predicted octanol–water partition coefficient (Wildman–Crippen LogP) is 3.23. The molecule has 0 unspecified atom stereocenters. The van der Waals surface area contributed by atoms with Crippen molar-refractivity contribution in [2.75, 3.05) is 32.8 Å². The third-order valence-electron chi connectivity index (χ3n) is 4.00. The van der Waals surface area contributed by atoms with E-state index in [1.165, 1.54) is 0 Å². The van der Waals surface area contributed by atoms with Crippen LogP contribution in [0.4, 0.5) is 0 Å². The SMILES string of the molecule is CCOC(=O)C1CCN(C[C@H](O)COc2ccc(Br)cc2Br)CC1. The minimum absolute atomic E-state index is 0.00619. The number of likely N-dealkylation sites (tertiary alicyclic amines) is 1. The van der Waals surface area contributed by atoms with Crippen molar-refractivity contribution >= 4 is 37.8 Å². The first-order valence-electron chi connectivity index (χ1n) is 8.14. The molecule has 1 aliphatic heterocycles. The Morgan fingerprint density at radius 1 is 1.38 bits per heavy atom. The number of hydrogen-bond donors (Lipinski definition) is 1. The van der Waals surface area contributed by atoms with E-state index in [-0.39, 0.29) is 18.5 Å². The molecule has 24 heavy (non-hydrogen) atoms. The van der Waals surface area contributed by atoms with E-state index in [2.05, 4.69) is 36.8 Å². The predicted molar refractivity (Wildman–Crippen MR) is 99.1 cm³/mol. The second-order valence-corrected chi connectivity index (χ2v) is 7.64. The number of piperidine rings is 1. The van der Waals surface area contributed by atoms with Gasteiger partial charge in [0, 0.05) is 11.0 Å². The van der Waals surface area contributed by atoms with Crippen molar-refractivity contribution in [3.05, 3.63) is 27.1 Å². The number of aliphatic hydroxyl groups is 1. The van der Waals surface area contributed by atoms with Gasteiger partial charge in [-0.3, -0.25) is 4.79 Å². The van der Waals surface area contributed by atoms with E-state index in [9.17, 15) is 9.90 Å². The summed E-state index contributed by atoms with van der Waals surface area (Å²) in [6.45, 7) is 4.63. The van der Waals surface area contributed by atoms with Gasteiger partial charge in [0.2, 0.25) is 0 Å². The number of nitrogens with zero attached hydrogens (tertiary/aromatic N) is 1. The molecule has 1 atom stereocenters. The van der Waals surface area contributed by atoms with E-state index in [1.807, 2.05) is 25.1 Å². The maximum absolute atomic E-state index is 11.7. The lowest BCUT2D eigenvalue weighted by molar-refractivity contribution is -0.149. The number of halogens is 2. The van der Waals surface area contributed by atoms with Gasteiger partial charge in [-0.05, 0) is 67.0 Å². The minimum Gasteiger partial charge on any atom is -0.490 e. The topological polar surface area (TPSA) is 59.0 Å². The second-order valence-electron chi connectivity index (χ2n) is 5.87. The summed E-state index contributed by atoms with van der Waals surface area (Å²) in [5.74, 6) is 0.604. The molecule has 1 aliphatic rings. The third-order valence-corrected chi connectivity index (χ3v) is 5.11. The third kappa shape index (κ3) is 6.02. The number of rotatable bonds is 7. The Labute approximate surface area is 159 Å². The molecule has 1 aromatic rings. The number of aliphatic hydroxyl groups excluding tert-OH is 1. The van der Waals surface area contributed by atoms with Crippen LogP contribution in [0.5, 0.6) is 5.75 Å². The van der Waals surface area contributed by atoms with Crippen LogP contribution in [0, 0.1) is 5.92 Å². The van der Waals surface area contributed by atoms with Gasteiger partial charge in [-0.1, -0.05) is 15.9 Å². The molecule has 5 nitrogen and oxygen atoms in total. The van der Waals surface area contributed by atoms with Crippen LogP contribution >= 0.6 is 31.9 Å². The summed E-state index contributed by atoms with van der Waals surface area (Å²) in [7, 11) is 0. The van der Waals surface area contributed by atoms with Crippen LogP contribution in [-0.4, -0.2) is 54.9 Å². The van der Waals surface area contributed by atoms with Crippen LogP contribution in [-0.2, 0) is 9.53 Å². The molecule has 0 saturated carbocycles. The number of carbonyl (C=O) groups excluding carboxylic acids is 1. The van der Waals surface area contributed by atoms with Crippen molar-refractivity contribution in [3.8, 4) is 5.75 Å². The van der Waals surface area contributed by atoms with Crippen molar-refractivity contribution in [1.29, 1.82) is 0 Å². The molecule has 0 radical (unpaired) electrons. The molecule has 134 valence electrons. The molecule has 1 saturated heterocycles. The fraction of sp³-hybridized carbons (Fsp3) is 0.588. The van der Waals surface area contributed by atoms with E-state index in [4.69, 9.17) is 9.47 Å². The molecular weight excluding hydrogens is 442 g/mol. The molecule has 2 rings (SSSR count). The summed E-state index contributed by atoms with van der Waals surface area (Å²) < 4.78 is 12.5. The minimum atomic E-state index is -0.570. The maximum atomic E-state index is 11.7. The highest BCUT2D eigenvalue weighted by atomic mass is 79.9. The second kappa shape index (κ2) is 9.75. The number of esters is 1. The molecule has 1 aromatic carbocycles. The normalized spacial score (nSPS) is 17.5. The Morgan fingerprint density at radius 2 is 2.08 bits per heavy atom. The van der Waals surface area contributed by atoms with Gasteiger partial charge in [-0.15, -0.1) is 0 Å². The molecule has 0 aromatic heterocycles. The van der Waals surface area contributed by atoms with Gasteiger partial charge in [0.1, 0.15) is 18.5 Å². The molecule has 1 heterocycles. The molecule has 0 bridgehead atoms. The number of hydrogen-bond acceptors (Lipinski definition) is 5. The van der Waals surface area contributed by atoms with Crippen LogP contribution < -0.4 is 4.74 Å². The fourth-order valence-electron chi connectivity index (χ4n) is 2.74. The van der Waals surface area contributed by atoms with Crippen molar-refractivity contribution in [2.45, 2.75) is 25.9 Å². The highest BCUT2D eigenvalue weighted by Crippen LogP contribution is 2.28. The van der Waals surface area contributed by atoms with Gasteiger partial charge < -0.3 is 19.5 Å². The first kappa shape index (κ1) is 19.7. The number of β-amino-alcohol motifs (C(OH)–C–C–N with tert-alkyl or cyclic N) is 1. The zero-order chi connectivity index (χ0) is 17.5. The standard InChI is InChI=1S/C17H23Br2NO4/c1-2-23-17(22)12-5-7-20(8-6-12)10-14(21)11-24-16-4-3-13(18)9-15(16)19/h3-4,9,12,14,21H,2,5-8,10-11H2,1H3/t14-/m0/s1. The molecular formula is C17H23Br2NO4. The molecule has 1 fully saturated rings. The first-order valence-corrected chi connectivity index (χ1v) is 9.73. The molecule has 0 spiro atoms. The summed E-state index contributed by atoms with van der Waals surface area (Å²) in [5.41, 5.74) is 0. The van der Waals surface area contributed by atoms with E-state index >= 15 is 0 Å². The van der Waals surface area contributed by atoms with Crippen molar-refractivity contribution < 1.29 is 19.4 Å². The number of ether oxygens (including phenoxy) is 2.